The van der Waals surface area contributed by atoms with Gasteiger partial charge in [-0.05, 0) is 48.5 Å². The fraction of sp³-hybridized carbons (Fsp3) is 0.167. The van der Waals surface area contributed by atoms with Crippen molar-refractivity contribution in [1.29, 1.82) is 0 Å². The Labute approximate surface area is 219 Å². The van der Waals surface area contributed by atoms with Crippen molar-refractivity contribution in [1.82, 2.24) is 15.4 Å². The van der Waals surface area contributed by atoms with Gasteiger partial charge in [-0.15, -0.1) is 0 Å². The molecule has 4 amide bonds. The number of aromatic nitrogens is 1. The molecular formula is C24H21ClF3N5O5. The normalized spacial score (nSPS) is 10.9. The molecule has 3 rings (SSSR count). The number of benzene rings is 2. The summed E-state index contributed by atoms with van der Waals surface area (Å²) in [4.78, 5) is 46.0. The molecule has 0 bridgehead atoms. The number of urea groups is 1. The number of carbonyl (C=O) groups is 3. The van der Waals surface area contributed by atoms with Crippen molar-refractivity contribution in [3.63, 3.8) is 0 Å². The van der Waals surface area contributed by atoms with Crippen molar-refractivity contribution in [2.24, 2.45) is 0 Å². The van der Waals surface area contributed by atoms with Crippen molar-refractivity contribution in [2.45, 2.75) is 6.18 Å². The van der Waals surface area contributed by atoms with Crippen LogP contribution in [0.25, 0.3) is 0 Å². The molecule has 0 aliphatic rings. The van der Waals surface area contributed by atoms with Crippen molar-refractivity contribution < 1.29 is 37.1 Å². The average Bonchev–Trinajstić information content (AvgIpc) is 2.85. The zero-order chi connectivity index (χ0) is 27.9. The van der Waals surface area contributed by atoms with Gasteiger partial charge in [0.15, 0.2) is 6.61 Å². The van der Waals surface area contributed by atoms with Gasteiger partial charge in [0.25, 0.3) is 11.8 Å². The Hall–Kier alpha value is -4.36. The number of rotatable bonds is 8. The number of carbonyl (C=O) groups excluding carboxylic acids is 3. The summed E-state index contributed by atoms with van der Waals surface area (Å²) in [5.41, 5.74) is 1.27. The standard InChI is InChI=1S/C24H21ClF3N5O5/c1-33(2)21(34)13-37-32-22(35)20-12-17(9-10-29-20)38-16-6-3-14(4-7-16)30-23(36)31-15-5-8-19(25)18(11-15)24(26,27)28/h3-12H,13H2,1-2H3,(H,32,35)(H2,30,31,36). The van der Waals surface area contributed by atoms with Gasteiger partial charge in [0.1, 0.15) is 17.2 Å². The molecule has 200 valence electrons. The topological polar surface area (TPSA) is 122 Å². The predicted molar refractivity (Wildman–Crippen MR) is 132 cm³/mol. The summed E-state index contributed by atoms with van der Waals surface area (Å²) in [6.07, 6.45) is -3.32. The van der Waals surface area contributed by atoms with E-state index < -0.39 is 28.7 Å². The van der Waals surface area contributed by atoms with Crippen molar-refractivity contribution >= 4 is 40.8 Å². The van der Waals surface area contributed by atoms with Gasteiger partial charge in [-0.2, -0.15) is 13.2 Å². The zero-order valence-electron chi connectivity index (χ0n) is 19.9. The van der Waals surface area contributed by atoms with Crippen LogP contribution in [0, 0.1) is 0 Å². The fourth-order valence-electron chi connectivity index (χ4n) is 2.80. The van der Waals surface area contributed by atoms with Gasteiger partial charge < -0.3 is 20.3 Å². The average molecular weight is 552 g/mol. The van der Waals surface area contributed by atoms with E-state index in [1.54, 1.807) is 14.1 Å². The SMILES string of the molecule is CN(C)C(=O)CONC(=O)c1cc(Oc2ccc(NC(=O)Nc3ccc(Cl)c(C(F)(F)F)c3)cc2)ccn1. The minimum Gasteiger partial charge on any atom is -0.457 e. The molecule has 14 heteroatoms. The number of pyridine rings is 1. The lowest BCUT2D eigenvalue weighted by Crippen LogP contribution is -2.32. The lowest BCUT2D eigenvalue weighted by atomic mass is 10.2. The number of ether oxygens (including phenoxy) is 1. The number of halogens is 4. The van der Waals surface area contributed by atoms with Crippen LogP contribution in [0.1, 0.15) is 16.1 Å². The fourth-order valence-corrected chi connectivity index (χ4v) is 3.02. The van der Waals surface area contributed by atoms with E-state index >= 15 is 0 Å². The highest BCUT2D eigenvalue weighted by molar-refractivity contribution is 6.31. The Morgan fingerprint density at radius 3 is 2.26 bits per heavy atom. The Balaban J connectivity index is 1.56. The Bertz CT molecular complexity index is 1320. The molecule has 3 aromatic rings. The molecule has 38 heavy (non-hydrogen) atoms. The molecule has 0 unspecified atom stereocenters. The van der Waals surface area contributed by atoms with Crippen LogP contribution in [-0.4, -0.2) is 48.4 Å². The number of hydrogen-bond donors (Lipinski definition) is 3. The Morgan fingerprint density at radius 1 is 0.947 bits per heavy atom. The van der Waals surface area contributed by atoms with Gasteiger partial charge in [-0.25, -0.2) is 10.3 Å². The van der Waals surface area contributed by atoms with Crippen LogP contribution in [0.4, 0.5) is 29.3 Å². The van der Waals surface area contributed by atoms with Gasteiger partial charge in [0, 0.05) is 37.7 Å². The molecule has 0 fully saturated rings. The summed E-state index contributed by atoms with van der Waals surface area (Å²) in [6, 6.07) is 11.2. The number of hydroxylamine groups is 1. The molecule has 1 aromatic heterocycles. The number of nitrogens with zero attached hydrogens (tertiary/aromatic N) is 2. The Morgan fingerprint density at radius 2 is 1.61 bits per heavy atom. The quantitative estimate of drug-likeness (QED) is 0.341. The Kier molecular flexibility index (Phi) is 9.10. The van der Waals surface area contributed by atoms with Crippen molar-refractivity contribution in [2.75, 3.05) is 31.3 Å². The third-order valence-corrected chi connectivity index (χ3v) is 5.03. The van der Waals surface area contributed by atoms with Crippen LogP contribution >= 0.6 is 11.6 Å². The zero-order valence-corrected chi connectivity index (χ0v) is 20.7. The van der Waals surface area contributed by atoms with Crippen LogP contribution in [0.15, 0.2) is 60.8 Å². The maximum Gasteiger partial charge on any atom is 0.417 e. The van der Waals surface area contributed by atoms with E-state index in [0.717, 1.165) is 12.1 Å². The van der Waals surface area contributed by atoms with Crippen LogP contribution in [0.2, 0.25) is 5.02 Å². The van der Waals surface area contributed by atoms with E-state index in [9.17, 15) is 27.6 Å². The summed E-state index contributed by atoms with van der Waals surface area (Å²) >= 11 is 5.58. The number of amides is 4. The molecule has 2 aromatic carbocycles. The first kappa shape index (κ1) is 28.2. The van der Waals surface area contributed by atoms with E-state index in [1.807, 2.05) is 0 Å². The first-order valence-electron chi connectivity index (χ1n) is 10.7. The third-order valence-electron chi connectivity index (χ3n) is 4.70. The molecule has 1 heterocycles. The molecule has 0 spiro atoms. The number of nitrogens with one attached hydrogen (secondary N) is 3. The third kappa shape index (κ3) is 8.08. The van der Waals surface area contributed by atoms with E-state index in [0.29, 0.717) is 11.4 Å². The highest BCUT2D eigenvalue weighted by Crippen LogP contribution is 2.36. The van der Waals surface area contributed by atoms with Gasteiger partial charge >= 0.3 is 12.2 Å². The molecule has 0 saturated heterocycles. The van der Waals surface area contributed by atoms with Gasteiger partial charge in [-0.3, -0.25) is 19.4 Å². The second-order valence-electron chi connectivity index (χ2n) is 7.78. The molecule has 3 N–H and O–H groups in total. The summed E-state index contributed by atoms with van der Waals surface area (Å²) < 4.78 is 44.7. The van der Waals surface area contributed by atoms with Gasteiger partial charge in [-0.1, -0.05) is 11.6 Å². The first-order chi connectivity index (χ1) is 17.9. The summed E-state index contributed by atoms with van der Waals surface area (Å²) in [5.74, 6) is -0.396. The second-order valence-corrected chi connectivity index (χ2v) is 8.19. The largest absolute Gasteiger partial charge is 0.457 e. The monoisotopic (exact) mass is 551 g/mol. The molecule has 0 atom stereocenters. The number of hydrogen-bond acceptors (Lipinski definition) is 6. The van der Waals surface area contributed by atoms with Crippen LogP contribution in [0.3, 0.4) is 0 Å². The molecule has 0 radical (unpaired) electrons. The molecule has 0 aliphatic carbocycles. The van der Waals surface area contributed by atoms with Crippen LogP contribution < -0.4 is 20.9 Å². The summed E-state index contributed by atoms with van der Waals surface area (Å²) in [7, 11) is 3.09. The highest BCUT2D eigenvalue weighted by Gasteiger charge is 2.33. The number of anilines is 2. The van der Waals surface area contributed by atoms with Crippen molar-refractivity contribution in [3.8, 4) is 11.5 Å². The number of likely N-dealkylation sites (N-methyl/N-ethyl adjacent to an activating group) is 1. The predicted octanol–water partition coefficient (Wildman–Crippen LogP) is 4.94. The van der Waals surface area contributed by atoms with Crippen LogP contribution in [0.5, 0.6) is 11.5 Å². The second kappa shape index (κ2) is 12.3. The highest BCUT2D eigenvalue weighted by atomic mass is 35.5. The lowest BCUT2D eigenvalue weighted by molar-refractivity contribution is -0.137. The maximum absolute atomic E-state index is 13.0. The molecule has 10 nitrogen and oxygen atoms in total. The van der Waals surface area contributed by atoms with Gasteiger partial charge in [0.2, 0.25) is 0 Å². The minimum absolute atomic E-state index is 0.0226. The smallest absolute Gasteiger partial charge is 0.417 e. The van der Waals surface area contributed by atoms with E-state index in [-0.39, 0.29) is 29.6 Å². The van der Waals surface area contributed by atoms with Crippen molar-refractivity contribution in [3.05, 3.63) is 77.1 Å². The summed E-state index contributed by atoms with van der Waals surface area (Å²) in [5, 5.41) is 4.32. The van der Waals surface area contributed by atoms with Gasteiger partial charge in [0.05, 0.1) is 10.6 Å². The van der Waals surface area contributed by atoms with Crippen LogP contribution in [-0.2, 0) is 15.8 Å². The lowest BCUT2D eigenvalue weighted by Gasteiger charge is -2.13. The number of alkyl halides is 3. The maximum atomic E-state index is 13.0. The van der Waals surface area contributed by atoms with E-state index in [4.69, 9.17) is 21.2 Å². The molecule has 0 aliphatic heterocycles. The minimum atomic E-state index is -4.67. The van der Waals surface area contributed by atoms with E-state index in [1.165, 1.54) is 53.6 Å². The van der Waals surface area contributed by atoms with E-state index in [2.05, 4.69) is 21.1 Å². The molecule has 0 saturated carbocycles. The molecular weight excluding hydrogens is 531 g/mol. The summed E-state index contributed by atoms with van der Waals surface area (Å²) in [6.45, 7) is -0.346. The first-order valence-corrected chi connectivity index (χ1v) is 11.1.